The number of sulfonamides is 1. The van der Waals surface area contributed by atoms with E-state index in [1.54, 1.807) is 23.1 Å². The van der Waals surface area contributed by atoms with Crippen molar-refractivity contribution in [2.75, 3.05) is 36.5 Å². The van der Waals surface area contributed by atoms with Gasteiger partial charge >= 0.3 is 6.03 Å². The lowest BCUT2D eigenvalue weighted by molar-refractivity contribution is -0.132. The van der Waals surface area contributed by atoms with Gasteiger partial charge in [0.05, 0.1) is 25.6 Å². The van der Waals surface area contributed by atoms with Crippen LogP contribution in [0.2, 0.25) is 0 Å². The number of methoxy groups -OCH3 is 2. The minimum atomic E-state index is -4.21. The Bertz CT molecular complexity index is 1180. The van der Waals surface area contributed by atoms with Crippen molar-refractivity contribution in [1.29, 1.82) is 0 Å². The summed E-state index contributed by atoms with van der Waals surface area (Å²) in [6, 6.07) is 9.90. The molecule has 176 valence electrons. The highest BCUT2D eigenvalue weighted by Gasteiger charge is 2.44. The molecule has 2 heterocycles. The summed E-state index contributed by atoms with van der Waals surface area (Å²) in [6.45, 7) is 2.37. The Hall–Kier alpha value is -3.27. The van der Waals surface area contributed by atoms with Crippen LogP contribution in [0.3, 0.4) is 0 Å². The first-order valence-corrected chi connectivity index (χ1v) is 12.2. The molecule has 2 aromatic carbocycles. The topological polar surface area (TPSA) is 96.5 Å². The Kier molecular flexibility index (Phi) is 6.20. The molecular formula is C23H27N3O6S. The fraction of sp³-hybridized carbons (Fsp3) is 0.391. The average Bonchev–Trinajstić information content (AvgIpc) is 2.81. The van der Waals surface area contributed by atoms with Crippen LogP contribution in [0.5, 0.6) is 11.5 Å². The fourth-order valence-electron chi connectivity index (χ4n) is 4.36. The summed E-state index contributed by atoms with van der Waals surface area (Å²) >= 11 is 0. The van der Waals surface area contributed by atoms with Gasteiger partial charge in [0, 0.05) is 18.7 Å². The maximum atomic E-state index is 13.6. The van der Waals surface area contributed by atoms with E-state index >= 15 is 0 Å². The summed E-state index contributed by atoms with van der Waals surface area (Å²) in [7, 11) is -1.32. The lowest BCUT2D eigenvalue weighted by Crippen LogP contribution is -2.55. The molecule has 0 bridgehead atoms. The third kappa shape index (κ3) is 3.99. The van der Waals surface area contributed by atoms with Crippen molar-refractivity contribution < 1.29 is 27.5 Å². The maximum absolute atomic E-state index is 13.6. The number of fused-ring (bicyclic) bond motifs is 1. The number of nitrogens with zero attached hydrogens (tertiary/aromatic N) is 3. The summed E-state index contributed by atoms with van der Waals surface area (Å²) in [5, 5.41) is 0. The van der Waals surface area contributed by atoms with Crippen molar-refractivity contribution in [3.05, 3.63) is 42.5 Å². The van der Waals surface area contributed by atoms with Crippen LogP contribution in [0.25, 0.3) is 0 Å². The van der Waals surface area contributed by atoms with Gasteiger partial charge in [0.1, 0.15) is 11.4 Å². The van der Waals surface area contributed by atoms with Crippen LogP contribution in [0.1, 0.15) is 26.2 Å². The minimum absolute atomic E-state index is 0.0427. The number of amides is 3. The van der Waals surface area contributed by atoms with E-state index in [1.165, 1.54) is 43.4 Å². The van der Waals surface area contributed by atoms with E-state index in [4.69, 9.17) is 9.47 Å². The molecule has 33 heavy (non-hydrogen) atoms. The van der Waals surface area contributed by atoms with E-state index in [1.807, 2.05) is 6.92 Å². The number of carbonyl (C=O) groups is 2. The maximum Gasteiger partial charge on any atom is 0.343 e. The molecule has 1 atom stereocenters. The zero-order chi connectivity index (χ0) is 23.8. The van der Waals surface area contributed by atoms with Crippen molar-refractivity contribution in [3.8, 4) is 11.5 Å². The van der Waals surface area contributed by atoms with Crippen LogP contribution in [0.15, 0.2) is 47.4 Å². The largest absolute Gasteiger partial charge is 0.493 e. The Labute approximate surface area is 193 Å². The number of rotatable bonds is 5. The van der Waals surface area contributed by atoms with Crippen molar-refractivity contribution >= 4 is 33.3 Å². The molecule has 2 aliphatic rings. The van der Waals surface area contributed by atoms with Gasteiger partial charge in [-0.3, -0.25) is 9.69 Å². The molecule has 1 fully saturated rings. The number of carbonyl (C=O) groups excluding carboxylic acids is 2. The van der Waals surface area contributed by atoms with Gasteiger partial charge in [0.25, 0.3) is 10.0 Å². The standard InChI is InChI=1S/C23H27N3O6S/c1-16-8-6-7-13-24(16)22(27)15-25-18-9-4-5-10-21(18)33(29,30)26(23(25)28)17-11-12-19(31-2)20(14-17)32-3/h4-5,9-12,14,16H,6-8,13,15H2,1-3H3. The van der Waals surface area contributed by atoms with E-state index in [0.717, 1.165) is 19.3 Å². The SMILES string of the molecule is COc1ccc(N2C(=O)N(CC(=O)N3CCCCC3C)c3ccccc3S2(=O)=O)cc1OC. The van der Waals surface area contributed by atoms with Gasteiger partial charge in [-0.05, 0) is 50.5 Å². The molecule has 10 heteroatoms. The Morgan fingerprint density at radius 2 is 1.79 bits per heavy atom. The lowest BCUT2D eigenvalue weighted by atomic mass is 10.0. The first-order valence-electron chi connectivity index (χ1n) is 10.8. The van der Waals surface area contributed by atoms with Crippen molar-refractivity contribution in [2.24, 2.45) is 0 Å². The number of benzene rings is 2. The van der Waals surface area contributed by atoms with Gasteiger partial charge in [-0.25, -0.2) is 13.2 Å². The van der Waals surface area contributed by atoms with Gasteiger partial charge in [-0.1, -0.05) is 12.1 Å². The lowest BCUT2D eigenvalue weighted by Gasteiger charge is -2.38. The number of urea groups is 1. The zero-order valence-electron chi connectivity index (χ0n) is 18.9. The molecule has 0 radical (unpaired) electrons. The van der Waals surface area contributed by atoms with Crippen LogP contribution in [0, 0.1) is 0 Å². The summed E-state index contributed by atoms with van der Waals surface area (Å²) in [5.41, 5.74) is 0.285. The van der Waals surface area contributed by atoms with Gasteiger partial charge in [-0.15, -0.1) is 0 Å². The molecule has 0 spiro atoms. The third-order valence-corrected chi connectivity index (χ3v) is 7.85. The molecule has 2 aromatic rings. The van der Waals surface area contributed by atoms with E-state index in [-0.39, 0.29) is 40.5 Å². The molecule has 0 N–H and O–H groups in total. The molecule has 1 saturated heterocycles. The summed E-state index contributed by atoms with van der Waals surface area (Å²) in [6.07, 6.45) is 2.87. The number of ether oxygens (including phenoxy) is 2. The summed E-state index contributed by atoms with van der Waals surface area (Å²) in [4.78, 5) is 29.7. The van der Waals surface area contributed by atoms with Gasteiger partial charge in [0.15, 0.2) is 11.5 Å². The quantitative estimate of drug-likeness (QED) is 0.662. The van der Waals surface area contributed by atoms with Crippen molar-refractivity contribution in [3.63, 3.8) is 0 Å². The van der Waals surface area contributed by atoms with E-state index < -0.39 is 16.1 Å². The second-order valence-corrected chi connectivity index (χ2v) is 9.83. The predicted octanol–water partition coefficient (Wildman–Crippen LogP) is 3.24. The highest BCUT2D eigenvalue weighted by Crippen LogP contribution is 2.40. The van der Waals surface area contributed by atoms with Gasteiger partial charge < -0.3 is 14.4 Å². The molecule has 0 aromatic heterocycles. The number of para-hydroxylation sites is 1. The Morgan fingerprint density at radius 1 is 1.06 bits per heavy atom. The second kappa shape index (κ2) is 8.93. The molecule has 0 aliphatic carbocycles. The number of anilines is 2. The number of likely N-dealkylation sites (tertiary alicyclic amines) is 1. The molecular weight excluding hydrogens is 446 g/mol. The molecule has 3 amide bonds. The summed E-state index contributed by atoms with van der Waals surface area (Å²) < 4.78 is 38.2. The first-order chi connectivity index (χ1) is 15.8. The van der Waals surface area contributed by atoms with Crippen LogP contribution >= 0.6 is 0 Å². The number of piperidine rings is 1. The molecule has 4 rings (SSSR count). The Morgan fingerprint density at radius 3 is 2.48 bits per heavy atom. The highest BCUT2D eigenvalue weighted by molar-refractivity contribution is 7.94. The van der Waals surface area contributed by atoms with Crippen LogP contribution in [0.4, 0.5) is 16.2 Å². The van der Waals surface area contributed by atoms with Crippen LogP contribution < -0.4 is 18.7 Å². The molecule has 2 aliphatic heterocycles. The monoisotopic (exact) mass is 473 g/mol. The van der Waals surface area contributed by atoms with Crippen molar-refractivity contribution in [2.45, 2.75) is 37.1 Å². The van der Waals surface area contributed by atoms with E-state index in [9.17, 15) is 18.0 Å². The first kappa shape index (κ1) is 22.9. The minimum Gasteiger partial charge on any atom is -0.493 e. The molecule has 9 nitrogen and oxygen atoms in total. The van der Waals surface area contributed by atoms with Crippen LogP contribution in [-0.4, -0.2) is 58.6 Å². The number of hydrogen-bond acceptors (Lipinski definition) is 6. The van der Waals surface area contributed by atoms with E-state index in [0.29, 0.717) is 16.6 Å². The number of hydrogen-bond donors (Lipinski definition) is 0. The second-order valence-electron chi connectivity index (χ2n) is 8.08. The zero-order valence-corrected chi connectivity index (χ0v) is 19.7. The Balaban J connectivity index is 1.77. The van der Waals surface area contributed by atoms with Crippen molar-refractivity contribution in [1.82, 2.24) is 4.90 Å². The normalized spacial score (nSPS) is 19.8. The highest BCUT2D eigenvalue weighted by atomic mass is 32.2. The average molecular weight is 474 g/mol. The fourth-order valence-corrected chi connectivity index (χ4v) is 5.95. The smallest absolute Gasteiger partial charge is 0.343 e. The van der Waals surface area contributed by atoms with Gasteiger partial charge in [0.2, 0.25) is 5.91 Å². The van der Waals surface area contributed by atoms with Gasteiger partial charge in [-0.2, -0.15) is 4.31 Å². The predicted molar refractivity (Wildman–Crippen MR) is 123 cm³/mol. The van der Waals surface area contributed by atoms with E-state index in [2.05, 4.69) is 0 Å². The molecule has 1 unspecified atom stereocenters. The van der Waals surface area contributed by atoms with Crippen LogP contribution in [-0.2, 0) is 14.8 Å². The molecule has 0 saturated carbocycles. The summed E-state index contributed by atoms with van der Waals surface area (Å²) in [5.74, 6) is 0.466. The third-order valence-electron chi connectivity index (χ3n) is 6.10.